The van der Waals surface area contributed by atoms with Crippen molar-refractivity contribution < 1.29 is 48.3 Å². The Bertz CT molecular complexity index is 1130. The average Bonchev–Trinajstić information content (AvgIpc) is 2.79. The van der Waals surface area contributed by atoms with Crippen molar-refractivity contribution in [3.8, 4) is 11.5 Å². The lowest BCUT2D eigenvalue weighted by molar-refractivity contribution is -0.147. The van der Waals surface area contributed by atoms with Crippen LogP contribution in [0.1, 0.15) is 41.3 Å². The van der Waals surface area contributed by atoms with Gasteiger partial charge in [-0.1, -0.05) is 24.6 Å². The van der Waals surface area contributed by atoms with E-state index in [1.807, 2.05) is 12.1 Å². The lowest BCUT2D eigenvalue weighted by Gasteiger charge is -2.38. The van der Waals surface area contributed by atoms with Gasteiger partial charge in [0.1, 0.15) is 11.5 Å². The van der Waals surface area contributed by atoms with Crippen LogP contribution in [0, 0.1) is 11.8 Å². The molecule has 2 aromatic rings. The fraction of sp³-hybridized carbons (Fsp3) is 0.407. The minimum Gasteiger partial charge on any atom is -0.508 e. The Hall–Kier alpha value is -3.57. The van der Waals surface area contributed by atoms with Crippen LogP contribution in [0.4, 0.5) is 13.2 Å². The number of hydrogen-bond acceptors (Lipinski definition) is 5. The average molecular weight is 540 g/mol. The first kappa shape index (κ1) is 30.7. The largest absolute Gasteiger partial charge is 0.508 e. The van der Waals surface area contributed by atoms with Crippen LogP contribution in [0.15, 0.2) is 48.0 Å². The van der Waals surface area contributed by atoms with Crippen LogP contribution in [0.25, 0.3) is 6.08 Å². The van der Waals surface area contributed by atoms with Crippen molar-refractivity contribution in [1.82, 2.24) is 4.90 Å². The molecule has 1 atom stereocenters. The Kier molecular flexibility index (Phi) is 10.7. The molecule has 0 radical (unpaired) electrons. The molecule has 2 aromatic carbocycles. The normalized spacial score (nSPS) is 17.1. The Morgan fingerprint density at radius 2 is 1.74 bits per heavy atom. The number of likely N-dealkylation sites (tertiary alicyclic amines) is 1. The number of phenolic OH excluding ortho intramolecular Hbond substituents is 1. The summed E-state index contributed by atoms with van der Waals surface area (Å²) in [6.07, 6.45) is -2.03. The molecule has 11 heteroatoms. The predicted octanol–water partition coefficient (Wildman–Crippen LogP) is 4.27. The lowest BCUT2D eigenvalue weighted by Crippen LogP contribution is -2.51. The molecule has 0 aromatic heterocycles. The Labute approximate surface area is 218 Å². The van der Waals surface area contributed by atoms with E-state index in [4.69, 9.17) is 20.1 Å². The summed E-state index contributed by atoms with van der Waals surface area (Å²) in [5, 5.41) is 26.1. The van der Waals surface area contributed by atoms with Gasteiger partial charge in [0.15, 0.2) is 0 Å². The number of benzene rings is 2. The number of phenols is 1. The third-order valence-electron chi connectivity index (χ3n) is 6.31. The van der Waals surface area contributed by atoms with Crippen LogP contribution in [-0.4, -0.2) is 70.1 Å². The second-order valence-corrected chi connectivity index (χ2v) is 9.33. The number of hydrogen-bond donors (Lipinski definition) is 3. The minimum atomic E-state index is -4.14. The molecule has 0 unspecified atom stereocenters. The number of halogens is 3. The van der Waals surface area contributed by atoms with Crippen LogP contribution in [0.2, 0.25) is 0 Å². The number of carboxylic acid groups (broad SMARTS) is 2. The molecule has 8 nitrogen and oxygen atoms in total. The maximum atomic E-state index is 12.2. The zero-order valence-electron chi connectivity index (χ0n) is 20.9. The fourth-order valence-corrected chi connectivity index (χ4v) is 4.17. The Morgan fingerprint density at radius 3 is 2.32 bits per heavy atom. The molecular weight excluding hydrogens is 507 g/mol. The van der Waals surface area contributed by atoms with Crippen molar-refractivity contribution in [2.75, 3.05) is 26.2 Å². The van der Waals surface area contributed by atoms with E-state index in [1.165, 1.54) is 29.8 Å². The smallest absolute Gasteiger partial charge is 0.389 e. The first-order valence-corrected chi connectivity index (χ1v) is 11.9. The highest BCUT2D eigenvalue weighted by molar-refractivity contribution is 5.87. The van der Waals surface area contributed by atoms with Gasteiger partial charge in [0.25, 0.3) is 0 Å². The summed E-state index contributed by atoms with van der Waals surface area (Å²) < 4.78 is 42.0. The number of alkyl halides is 3. The quantitative estimate of drug-likeness (QED) is 0.426. The minimum absolute atomic E-state index is 0. The van der Waals surface area contributed by atoms with Gasteiger partial charge in [0.05, 0.1) is 18.1 Å². The third-order valence-corrected chi connectivity index (χ3v) is 6.31. The standard InChI is InChI=1S/C20H24F3NO3.C7H6O3.H2O/c1-13-7-15-9-18(27-6-2-5-20(21,22)23)4-3-14(15)8-16(13)10-24-11-17(12-24)19(25)26;8-6-3-1-5(2-4-6)7(9)10;/h3-4,8-9,13,17H,2,5-7,10-12H2,1H3,(H,25,26);1-4,8H,(H,9,10);1H2/t13-;;/m0../s1. The van der Waals surface area contributed by atoms with Crippen LogP contribution >= 0.6 is 0 Å². The monoisotopic (exact) mass is 539 g/mol. The van der Waals surface area contributed by atoms with E-state index in [1.54, 1.807) is 6.07 Å². The van der Waals surface area contributed by atoms with Crippen molar-refractivity contribution in [2.45, 2.75) is 32.4 Å². The van der Waals surface area contributed by atoms with Gasteiger partial charge in [0.2, 0.25) is 0 Å². The summed E-state index contributed by atoms with van der Waals surface area (Å²) in [6.45, 7) is 4.16. The van der Waals surface area contributed by atoms with Gasteiger partial charge < -0.3 is 25.5 Å². The van der Waals surface area contributed by atoms with E-state index in [-0.39, 0.29) is 35.7 Å². The number of aromatic carboxylic acids is 1. The first-order chi connectivity index (χ1) is 17.4. The Balaban J connectivity index is 0.000000389. The van der Waals surface area contributed by atoms with Crippen molar-refractivity contribution in [3.63, 3.8) is 0 Å². The topological polar surface area (TPSA) is 139 Å². The number of aromatic hydroxyl groups is 1. The molecule has 1 aliphatic carbocycles. The van der Waals surface area contributed by atoms with Gasteiger partial charge >= 0.3 is 18.1 Å². The summed E-state index contributed by atoms with van der Waals surface area (Å²) in [5.41, 5.74) is 3.69. The van der Waals surface area contributed by atoms with E-state index in [0.29, 0.717) is 24.8 Å². The molecule has 0 bridgehead atoms. The summed E-state index contributed by atoms with van der Waals surface area (Å²) in [6, 6.07) is 11.0. The number of rotatable bonds is 8. The molecule has 208 valence electrons. The van der Waals surface area contributed by atoms with E-state index in [2.05, 4.69) is 17.9 Å². The second-order valence-electron chi connectivity index (χ2n) is 9.33. The lowest BCUT2D eigenvalue weighted by atomic mass is 9.83. The van der Waals surface area contributed by atoms with Gasteiger partial charge in [-0.25, -0.2) is 4.79 Å². The molecule has 5 N–H and O–H groups in total. The van der Waals surface area contributed by atoms with Gasteiger partial charge in [-0.05, 0) is 66.3 Å². The number of fused-ring (bicyclic) bond motifs is 1. The molecule has 0 amide bonds. The number of carbonyl (C=O) groups is 2. The highest BCUT2D eigenvalue weighted by Crippen LogP contribution is 2.32. The molecule has 1 fully saturated rings. The number of carboxylic acids is 2. The van der Waals surface area contributed by atoms with E-state index in [9.17, 15) is 22.8 Å². The molecular formula is C27H32F3NO7. The molecule has 0 saturated carbocycles. The highest BCUT2D eigenvalue weighted by Gasteiger charge is 2.33. The van der Waals surface area contributed by atoms with Crippen LogP contribution in [-0.2, 0) is 11.2 Å². The zero-order valence-corrected chi connectivity index (χ0v) is 20.9. The molecule has 1 heterocycles. The molecule has 2 aliphatic rings. The van der Waals surface area contributed by atoms with Gasteiger partial charge in [-0.15, -0.1) is 0 Å². The van der Waals surface area contributed by atoms with Crippen LogP contribution in [0.5, 0.6) is 11.5 Å². The van der Waals surface area contributed by atoms with Gasteiger partial charge in [-0.3, -0.25) is 9.69 Å². The maximum Gasteiger partial charge on any atom is 0.389 e. The number of ether oxygens (including phenoxy) is 1. The molecule has 0 spiro atoms. The third kappa shape index (κ3) is 9.07. The van der Waals surface area contributed by atoms with Crippen molar-refractivity contribution >= 4 is 18.0 Å². The first-order valence-electron chi connectivity index (χ1n) is 11.9. The Morgan fingerprint density at radius 1 is 1.08 bits per heavy atom. The zero-order chi connectivity index (χ0) is 27.2. The van der Waals surface area contributed by atoms with Crippen molar-refractivity contribution in [1.29, 1.82) is 0 Å². The summed E-state index contributed by atoms with van der Waals surface area (Å²) in [7, 11) is 0. The predicted molar refractivity (Wildman–Crippen MR) is 134 cm³/mol. The van der Waals surface area contributed by atoms with E-state index >= 15 is 0 Å². The van der Waals surface area contributed by atoms with Crippen molar-refractivity contribution in [3.05, 3.63) is 64.7 Å². The summed E-state index contributed by atoms with van der Waals surface area (Å²) >= 11 is 0. The highest BCUT2D eigenvalue weighted by atomic mass is 19.4. The van der Waals surface area contributed by atoms with Crippen LogP contribution in [0.3, 0.4) is 0 Å². The molecule has 38 heavy (non-hydrogen) atoms. The van der Waals surface area contributed by atoms with Crippen molar-refractivity contribution in [2.24, 2.45) is 11.8 Å². The number of nitrogens with zero attached hydrogens (tertiary/aromatic N) is 1. The van der Waals surface area contributed by atoms with E-state index in [0.717, 1.165) is 24.1 Å². The summed E-state index contributed by atoms with van der Waals surface area (Å²) in [5.74, 6) is -0.960. The van der Waals surface area contributed by atoms with Crippen LogP contribution < -0.4 is 4.74 Å². The van der Waals surface area contributed by atoms with E-state index < -0.39 is 24.5 Å². The maximum absolute atomic E-state index is 12.2. The second kappa shape index (κ2) is 13.3. The molecule has 1 aliphatic heterocycles. The SMILES string of the molecule is C[C@H]1Cc2cc(OCCCC(F)(F)F)ccc2C=C1CN1CC(C(=O)O)C1.O.O=C(O)c1ccc(O)cc1. The molecule has 4 rings (SSSR count). The molecule has 1 saturated heterocycles. The number of aliphatic carboxylic acids is 1. The summed E-state index contributed by atoms with van der Waals surface area (Å²) in [4.78, 5) is 23.3. The van der Waals surface area contributed by atoms with Gasteiger partial charge in [-0.2, -0.15) is 13.2 Å². The fourth-order valence-electron chi connectivity index (χ4n) is 4.17. The van der Waals surface area contributed by atoms with Gasteiger partial charge in [0, 0.05) is 26.1 Å².